The molecular weight excluding hydrogens is 387 g/mol. The summed E-state index contributed by atoms with van der Waals surface area (Å²) in [6.07, 6.45) is 6.79. The maximum absolute atomic E-state index is 14.6. The first kappa shape index (κ1) is 19.8. The molecule has 9 nitrogen and oxygen atoms in total. The molecule has 3 aromatic rings. The third-order valence-electron chi connectivity index (χ3n) is 5.18. The molecule has 30 heavy (non-hydrogen) atoms. The first-order valence-electron chi connectivity index (χ1n) is 9.76. The molecule has 6 N–H and O–H groups in total. The third kappa shape index (κ3) is 4.23. The molecule has 4 rings (SSSR count). The van der Waals surface area contributed by atoms with Crippen molar-refractivity contribution in [3.8, 4) is 5.69 Å². The summed E-state index contributed by atoms with van der Waals surface area (Å²) >= 11 is 0. The van der Waals surface area contributed by atoms with Gasteiger partial charge >= 0.3 is 0 Å². The monoisotopic (exact) mass is 410 g/mol. The highest BCUT2D eigenvalue weighted by atomic mass is 19.1. The molecule has 0 spiro atoms. The Hall–Kier alpha value is -3.53. The zero-order chi connectivity index (χ0) is 21.1. The van der Waals surface area contributed by atoms with E-state index >= 15 is 0 Å². The van der Waals surface area contributed by atoms with Crippen LogP contribution in [0.1, 0.15) is 36.0 Å². The number of halogens is 1. The van der Waals surface area contributed by atoms with E-state index in [1.807, 2.05) is 12.1 Å². The normalized spacial score (nSPS) is 18.7. The van der Waals surface area contributed by atoms with Crippen LogP contribution in [0.4, 0.5) is 21.7 Å². The van der Waals surface area contributed by atoms with E-state index in [9.17, 15) is 9.18 Å². The molecule has 1 aliphatic carbocycles. The van der Waals surface area contributed by atoms with Gasteiger partial charge in [0.05, 0.1) is 11.3 Å². The van der Waals surface area contributed by atoms with Crippen molar-refractivity contribution in [1.82, 2.24) is 19.7 Å². The van der Waals surface area contributed by atoms with Crippen LogP contribution in [0.25, 0.3) is 5.69 Å². The number of nitrogens with one attached hydrogen (secondary N) is 2. The van der Waals surface area contributed by atoms with E-state index in [1.165, 1.54) is 6.33 Å². The van der Waals surface area contributed by atoms with Crippen molar-refractivity contribution in [3.63, 3.8) is 0 Å². The van der Waals surface area contributed by atoms with Gasteiger partial charge in [-0.05, 0) is 37.1 Å². The van der Waals surface area contributed by atoms with Crippen molar-refractivity contribution in [3.05, 3.63) is 54.4 Å². The third-order valence-corrected chi connectivity index (χ3v) is 5.18. The summed E-state index contributed by atoms with van der Waals surface area (Å²) in [6.45, 7) is 0. The smallest absolute Gasteiger partial charge is 0.252 e. The van der Waals surface area contributed by atoms with Gasteiger partial charge in [-0.2, -0.15) is 5.10 Å². The van der Waals surface area contributed by atoms with Crippen LogP contribution in [0.3, 0.4) is 0 Å². The van der Waals surface area contributed by atoms with Crippen LogP contribution >= 0.6 is 0 Å². The highest BCUT2D eigenvalue weighted by Crippen LogP contribution is 2.27. The fourth-order valence-electron chi connectivity index (χ4n) is 3.59. The predicted molar refractivity (Wildman–Crippen MR) is 111 cm³/mol. The van der Waals surface area contributed by atoms with E-state index in [0.29, 0.717) is 5.69 Å². The maximum atomic E-state index is 14.6. The van der Waals surface area contributed by atoms with Gasteiger partial charge in [-0.3, -0.25) is 4.79 Å². The average molecular weight is 410 g/mol. The van der Waals surface area contributed by atoms with E-state index in [1.54, 1.807) is 23.1 Å². The van der Waals surface area contributed by atoms with Crippen LogP contribution in [0.15, 0.2) is 43.0 Å². The lowest BCUT2D eigenvalue weighted by molar-refractivity contribution is 0.100. The second kappa shape index (κ2) is 8.46. The van der Waals surface area contributed by atoms with Gasteiger partial charge in [-0.1, -0.05) is 18.9 Å². The zero-order valence-corrected chi connectivity index (χ0v) is 16.3. The molecule has 0 bridgehead atoms. The molecule has 1 aromatic carbocycles. The van der Waals surface area contributed by atoms with E-state index in [2.05, 4.69) is 25.7 Å². The Morgan fingerprint density at radius 3 is 2.77 bits per heavy atom. The number of anilines is 3. The molecule has 1 amide bonds. The van der Waals surface area contributed by atoms with Crippen LogP contribution in [-0.2, 0) is 0 Å². The molecule has 10 heteroatoms. The molecule has 0 saturated heterocycles. The molecule has 2 atom stereocenters. The number of amides is 1. The van der Waals surface area contributed by atoms with Gasteiger partial charge in [0.25, 0.3) is 5.91 Å². The van der Waals surface area contributed by atoms with Gasteiger partial charge in [0, 0.05) is 17.8 Å². The van der Waals surface area contributed by atoms with Crippen LogP contribution in [0, 0.1) is 5.82 Å². The van der Waals surface area contributed by atoms with E-state index in [-0.39, 0.29) is 29.3 Å². The number of hydrogen-bond acceptors (Lipinski definition) is 7. The highest BCUT2D eigenvalue weighted by Gasteiger charge is 2.24. The topological polar surface area (TPSA) is 137 Å². The van der Waals surface area contributed by atoms with Crippen molar-refractivity contribution >= 4 is 23.2 Å². The minimum atomic E-state index is -0.780. The van der Waals surface area contributed by atoms with Crippen molar-refractivity contribution in [2.24, 2.45) is 11.5 Å². The second-order valence-corrected chi connectivity index (χ2v) is 7.29. The summed E-state index contributed by atoms with van der Waals surface area (Å²) in [4.78, 5) is 20.1. The summed E-state index contributed by atoms with van der Waals surface area (Å²) in [5.41, 5.74) is 13.0. The van der Waals surface area contributed by atoms with Crippen molar-refractivity contribution in [2.75, 3.05) is 10.6 Å². The summed E-state index contributed by atoms with van der Waals surface area (Å²) in [5.74, 6) is -1.23. The zero-order valence-electron chi connectivity index (χ0n) is 16.3. The van der Waals surface area contributed by atoms with Gasteiger partial charge in [0.1, 0.15) is 18.5 Å². The molecule has 1 aliphatic rings. The lowest BCUT2D eigenvalue weighted by Gasteiger charge is -2.30. The number of pyridine rings is 1. The molecule has 1 fully saturated rings. The largest absolute Gasteiger partial charge is 0.365 e. The first-order chi connectivity index (χ1) is 14.5. The van der Waals surface area contributed by atoms with Crippen molar-refractivity contribution in [1.29, 1.82) is 0 Å². The van der Waals surface area contributed by atoms with Crippen molar-refractivity contribution in [2.45, 2.75) is 37.8 Å². The van der Waals surface area contributed by atoms with Crippen molar-refractivity contribution < 1.29 is 9.18 Å². The summed E-state index contributed by atoms with van der Waals surface area (Å²) in [6, 6.07) is 8.19. The fraction of sp³-hybridized carbons (Fsp3) is 0.300. The summed E-state index contributed by atoms with van der Waals surface area (Å²) in [5, 5.41) is 10.3. The first-order valence-corrected chi connectivity index (χ1v) is 9.76. The van der Waals surface area contributed by atoms with Crippen LogP contribution < -0.4 is 22.1 Å². The molecule has 2 aromatic heterocycles. The van der Waals surface area contributed by atoms with Gasteiger partial charge in [0.2, 0.25) is 0 Å². The Kier molecular flexibility index (Phi) is 5.57. The highest BCUT2D eigenvalue weighted by molar-refractivity contribution is 5.98. The molecule has 2 heterocycles. The maximum Gasteiger partial charge on any atom is 0.252 e. The van der Waals surface area contributed by atoms with Gasteiger partial charge < -0.3 is 22.1 Å². The molecule has 156 valence electrons. The van der Waals surface area contributed by atoms with E-state index in [4.69, 9.17) is 11.5 Å². The number of rotatable bonds is 6. The standard InChI is InChI=1S/C20H23FN8O/c21-15-9-14(18(23)30)19(28-20(15)27-17-7-2-1-6-16(17)22)26-12-4-3-5-13(8-12)29-11-24-10-25-29/h3-5,8-11,16-17H,1-2,6-7,22H2,(H2,23,30)(H2,26,27,28)/t16-,17+/m0/s1. The Labute approximate surface area is 172 Å². The molecule has 0 unspecified atom stereocenters. The number of carbonyl (C=O) groups excluding carboxylic acids is 1. The van der Waals surface area contributed by atoms with Gasteiger partial charge in [-0.25, -0.2) is 19.0 Å². The Bertz CT molecular complexity index is 1040. The van der Waals surface area contributed by atoms with Gasteiger partial charge in [0.15, 0.2) is 11.6 Å². The number of benzene rings is 1. The van der Waals surface area contributed by atoms with Crippen LogP contribution in [0.5, 0.6) is 0 Å². The second-order valence-electron chi connectivity index (χ2n) is 7.29. The lowest BCUT2D eigenvalue weighted by Crippen LogP contribution is -2.43. The lowest BCUT2D eigenvalue weighted by atomic mass is 9.91. The predicted octanol–water partition coefficient (Wildman–Crippen LogP) is 2.33. The molecule has 0 radical (unpaired) electrons. The molecular formula is C20H23FN8O. The van der Waals surface area contributed by atoms with Crippen LogP contribution in [0.2, 0.25) is 0 Å². The Morgan fingerprint density at radius 1 is 1.20 bits per heavy atom. The van der Waals surface area contributed by atoms with Gasteiger partial charge in [-0.15, -0.1) is 0 Å². The number of primary amides is 1. The van der Waals surface area contributed by atoms with E-state index in [0.717, 1.165) is 37.4 Å². The molecule has 0 aliphatic heterocycles. The number of hydrogen-bond donors (Lipinski definition) is 4. The molecule has 1 saturated carbocycles. The Balaban J connectivity index is 1.64. The SMILES string of the molecule is NC(=O)c1cc(F)c(N[C@@H]2CCCC[C@@H]2N)nc1Nc1cccc(-n2cncn2)c1. The minimum absolute atomic E-state index is 0.0391. The minimum Gasteiger partial charge on any atom is -0.365 e. The number of nitrogens with zero attached hydrogens (tertiary/aromatic N) is 4. The number of aromatic nitrogens is 4. The average Bonchev–Trinajstić information content (AvgIpc) is 3.27. The summed E-state index contributed by atoms with van der Waals surface area (Å²) < 4.78 is 16.2. The van der Waals surface area contributed by atoms with Crippen LogP contribution in [-0.4, -0.2) is 37.7 Å². The van der Waals surface area contributed by atoms with E-state index < -0.39 is 11.7 Å². The quantitative estimate of drug-likeness (QED) is 0.489. The Morgan fingerprint density at radius 2 is 2.03 bits per heavy atom. The number of carbonyl (C=O) groups is 1. The summed E-state index contributed by atoms with van der Waals surface area (Å²) in [7, 11) is 0. The number of nitrogens with two attached hydrogens (primary N) is 2. The fourth-order valence-corrected chi connectivity index (χ4v) is 3.59.